The van der Waals surface area contributed by atoms with Crippen LogP contribution in [0.4, 0.5) is 0 Å². The number of carbonyl (C=O) groups excluding carboxylic acids is 2. The van der Waals surface area contributed by atoms with Crippen molar-refractivity contribution in [1.82, 2.24) is 4.90 Å². The highest BCUT2D eigenvalue weighted by molar-refractivity contribution is 6.01. The van der Waals surface area contributed by atoms with Gasteiger partial charge in [-0.1, -0.05) is 12.1 Å². The maximum Gasteiger partial charge on any atom is 0.229 e. The lowest BCUT2D eigenvalue weighted by atomic mass is 10.2. The standard InChI is InChI=1S/C13H13NO4/c15-12-5-6-13(16)14(12)7-9-8-17-10-3-1-2-4-11(10)18-9/h1-4,9H,5-8H2/t9-/m0/s1. The molecule has 5 nitrogen and oxygen atoms in total. The van der Waals surface area contributed by atoms with Gasteiger partial charge in [-0.2, -0.15) is 0 Å². The molecule has 1 atom stereocenters. The number of para-hydroxylation sites is 2. The van der Waals surface area contributed by atoms with Gasteiger partial charge in [0.15, 0.2) is 17.6 Å². The fourth-order valence-electron chi connectivity index (χ4n) is 2.18. The minimum Gasteiger partial charge on any atom is -0.486 e. The van der Waals surface area contributed by atoms with E-state index in [1.807, 2.05) is 24.3 Å². The molecule has 2 heterocycles. The molecule has 3 rings (SSSR count). The molecular formula is C13H13NO4. The molecule has 0 bridgehead atoms. The highest BCUT2D eigenvalue weighted by Crippen LogP contribution is 2.31. The Kier molecular flexibility index (Phi) is 2.66. The molecule has 5 heteroatoms. The zero-order valence-electron chi connectivity index (χ0n) is 9.80. The molecule has 1 fully saturated rings. The molecule has 0 radical (unpaired) electrons. The van der Waals surface area contributed by atoms with E-state index in [1.165, 1.54) is 4.90 Å². The van der Waals surface area contributed by atoms with Gasteiger partial charge >= 0.3 is 0 Å². The summed E-state index contributed by atoms with van der Waals surface area (Å²) in [6.07, 6.45) is 0.331. The molecule has 0 unspecified atom stereocenters. The molecule has 1 saturated heterocycles. The van der Waals surface area contributed by atoms with Crippen LogP contribution in [0.2, 0.25) is 0 Å². The van der Waals surface area contributed by atoms with E-state index >= 15 is 0 Å². The van der Waals surface area contributed by atoms with Crippen molar-refractivity contribution in [3.63, 3.8) is 0 Å². The number of nitrogens with zero attached hydrogens (tertiary/aromatic N) is 1. The Bertz CT molecular complexity index is 484. The Morgan fingerprint density at radius 2 is 1.78 bits per heavy atom. The number of amides is 2. The number of imide groups is 1. The Morgan fingerprint density at radius 1 is 1.11 bits per heavy atom. The summed E-state index contributed by atoms with van der Waals surface area (Å²) in [6.45, 7) is 0.625. The monoisotopic (exact) mass is 247 g/mol. The van der Waals surface area contributed by atoms with Crippen molar-refractivity contribution in [2.75, 3.05) is 13.2 Å². The third-order valence-electron chi connectivity index (χ3n) is 3.11. The third kappa shape index (κ3) is 1.92. The van der Waals surface area contributed by atoms with Gasteiger partial charge in [0.1, 0.15) is 6.61 Å². The Balaban J connectivity index is 1.69. The summed E-state index contributed by atoms with van der Waals surface area (Å²) in [5.41, 5.74) is 0. The van der Waals surface area contributed by atoms with Crippen LogP contribution < -0.4 is 9.47 Å². The van der Waals surface area contributed by atoms with Gasteiger partial charge in [-0.25, -0.2) is 0 Å². The molecule has 2 amide bonds. The first-order valence-electron chi connectivity index (χ1n) is 5.96. The van der Waals surface area contributed by atoms with Crippen molar-refractivity contribution in [3.05, 3.63) is 24.3 Å². The van der Waals surface area contributed by atoms with E-state index in [0.29, 0.717) is 30.9 Å². The van der Waals surface area contributed by atoms with Crippen LogP contribution in [0, 0.1) is 0 Å². The summed E-state index contributed by atoms with van der Waals surface area (Å²) < 4.78 is 11.3. The number of carbonyl (C=O) groups is 2. The summed E-state index contributed by atoms with van der Waals surface area (Å²) in [7, 11) is 0. The van der Waals surface area contributed by atoms with E-state index < -0.39 is 0 Å². The molecule has 0 spiro atoms. The molecule has 1 aromatic rings. The first-order valence-corrected chi connectivity index (χ1v) is 5.96. The van der Waals surface area contributed by atoms with Crippen molar-refractivity contribution in [2.24, 2.45) is 0 Å². The van der Waals surface area contributed by atoms with Gasteiger partial charge in [-0.3, -0.25) is 14.5 Å². The van der Waals surface area contributed by atoms with Gasteiger partial charge in [0.2, 0.25) is 11.8 Å². The van der Waals surface area contributed by atoms with Crippen LogP contribution in [0.25, 0.3) is 0 Å². The van der Waals surface area contributed by atoms with Crippen LogP contribution in [0.5, 0.6) is 11.5 Å². The fourth-order valence-corrected chi connectivity index (χ4v) is 2.18. The zero-order valence-corrected chi connectivity index (χ0v) is 9.80. The van der Waals surface area contributed by atoms with Gasteiger partial charge in [0.25, 0.3) is 0 Å². The molecule has 2 aliphatic heterocycles. The van der Waals surface area contributed by atoms with E-state index in [9.17, 15) is 9.59 Å². The van der Waals surface area contributed by atoms with E-state index in [4.69, 9.17) is 9.47 Å². The van der Waals surface area contributed by atoms with Crippen LogP contribution in [0.1, 0.15) is 12.8 Å². The quantitative estimate of drug-likeness (QED) is 0.731. The highest BCUT2D eigenvalue weighted by Gasteiger charge is 2.33. The summed E-state index contributed by atoms with van der Waals surface area (Å²) in [5, 5.41) is 0. The molecule has 0 aromatic heterocycles. The lowest BCUT2D eigenvalue weighted by Crippen LogP contribution is -2.43. The molecule has 94 valence electrons. The second-order valence-corrected chi connectivity index (χ2v) is 4.40. The fraction of sp³-hybridized carbons (Fsp3) is 0.385. The zero-order chi connectivity index (χ0) is 12.5. The predicted octanol–water partition coefficient (Wildman–Crippen LogP) is 0.975. The Labute approximate surface area is 104 Å². The van der Waals surface area contributed by atoms with E-state index in [0.717, 1.165) is 0 Å². The number of hydrogen-bond acceptors (Lipinski definition) is 4. The first kappa shape index (κ1) is 11.1. The van der Waals surface area contributed by atoms with Gasteiger partial charge < -0.3 is 9.47 Å². The normalized spacial score (nSPS) is 22.4. The van der Waals surface area contributed by atoms with Crippen molar-refractivity contribution in [2.45, 2.75) is 18.9 Å². The van der Waals surface area contributed by atoms with E-state index in [-0.39, 0.29) is 24.5 Å². The summed E-state index contributed by atoms with van der Waals surface area (Å²) >= 11 is 0. The molecule has 1 aromatic carbocycles. The lowest BCUT2D eigenvalue weighted by molar-refractivity contribution is -0.140. The van der Waals surface area contributed by atoms with Gasteiger partial charge in [-0.15, -0.1) is 0 Å². The number of fused-ring (bicyclic) bond motifs is 1. The van der Waals surface area contributed by atoms with Crippen molar-refractivity contribution in [1.29, 1.82) is 0 Å². The highest BCUT2D eigenvalue weighted by atomic mass is 16.6. The second kappa shape index (κ2) is 4.33. The summed E-state index contributed by atoms with van der Waals surface area (Å²) in [6, 6.07) is 7.37. The number of likely N-dealkylation sites (tertiary alicyclic amines) is 1. The van der Waals surface area contributed by atoms with Crippen LogP contribution in [0.15, 0.2) is 24.3 Å². The van der Waals surface area contributed by atoms with Gasteiger partial charge in [0.05, 0.1) is 6.54 Å². The van der Waals surface area contributed by atoms with Gasteiger partial charge in [0, 0.05) is 12.8 Å². The van der Waals surface area contributed by atoms with Gasteiger partial charge in [-0.05, 0) is 12.1 Å². The van der Waals surface area contributed by atoms with Crippen molar-refractivity contribution >= 4 is 11.8 Å². The number of hydrogen-bond donors (Lipinski definition) is 0. The SMILES string of the molecule is O=C1CCC(=O)N1C[C@H]1COc2ccccc2O1. The molecule has 0 N–H and O–H groups in total. The average Bonchev–Trinajstić information content (AvgIpc) is 2.70. The van der Waals surface area contributed by atoms with Crippen molar-refractivity contribution in [3.8, 4) is 11.5 Å². The molecule has 0 saturated carbocycles. The Hall–Kier alpha value is -2.04. The number of benzene rings is 1. The van der Waals surface area contributed by atoms with Crippen LogP contribution >= 0.6 is 0 Å². The first-order chi connectivity index (χ1) is 8.74. The Morgan fingerprint density at radius 3 is 2.50 bits per heavy atom. The number of rotatable bonds is 2. The summed E-state index contributed by atoms with van der Waals surface area (Å²) in [5.74, 6) is 1.12. The molecule has 2 aliphatic rings. The number of ether oxygens (including phenoxy) is 2. The second-order valence-electron chi connectivity index (χ2n) is 4.40. The minimum atomic E-state index is -0.286. The van der Waals surface area contributed by atoms with Crippen molar-refractivity contribution < 1.29 is 19.1 Å². The van der Waals surface area contributed by atoms with E-state index in [1.54, 1.807) is 0 Å². The summed E-state index contributed by atoms with van der Waals surface area (Å²) in [4.78, 5) is 24.3. The topological polar surface area (TPSA) is 55.8 Å². The lowest BCUT2D eigenvalue weighted by Gasteiger charge is -2.28. The molecular weight excluding hydrogens is 234 g/mol. The molecule has 0 aliphatic carbocycles. The van der Waals surface area contributed by atoms with Crippen LogP contribution in [0.3, 0.4) is 0 Å². The minimum absolute atomic E-state index is 0.123. The third-order valence-corrected chi connectivity index (χ3v) is 3.11. The average molecular weight is 247 g/mol. The maximum absolute atomic E-state index is 11.5. The molecule has 18 heavy (non-hydrogen) atoms. The largest absolute Gasteiger partial charge is 0.486 e. The predicted molar refractivity (Wildman–Crippen MR) is 62.3 cm³/mol. The maximum atomic E-state index is 11.5. The smallest absolute Gasteiger partial charge is 0.229 e. The van der Waals surface area contributed by atoms with Crippen LogP contribution in [-0.2, 0) is 9.59 Å². The van der Waals surface area contributed by atoms with Crippen LogP contribution in [-0.4, -0.2) is 36.0 Å². The van der Waals surface area contributed by atoms with E-state index in [2.05, 4.69) is 0 Å².